The van der Waals surface area contributed by atoms with Crippen molar-refractivity contribution in [3.05, 3.63) is 35.2 Å². The van der Waals surface area contributed by atoms with E-state index >= 15 is 0 Å². The smallest absolute Gasteiger partial charge is 0.265 e. The first-order chi connectivity index (χ1) is 10.3. The van der Waals surface area contributed by atoms with E-state index in [1.807, 2.05) is 30.3 Å². The standard InChI is InChI=1S/C16H19N3OS/c20-16(17-13-10-6-1-2-7-11-13)15-14(18-19-21-15)12-8-4-3-5-9-12/h3-5,8-9,13H,1-2,6-7,10-11H2,(H,17,20). The van der Waals surface area contributed by atoms with Gasteiger partial charge in [-0.3, -0.25) is 4.79 Å². The molecule has 1 heterocycles. The molecule has 0 aliphatic heterocycles. The zero-order valence-electron chi connectivity index (χ0n) is 11.9. The number of hydrogen-bond acceptors (Lipinski definition) is 4. The van der Waals surface area contributed by atoms with Gasteiger partial charge in [-0.05, 0) is 24.4 Å². The van der Waals surface area contributed by atoms with Crippen LogP contribution in [0.3, 0.4) is 0 Å². The predicted octanol–water partition coefficient (Wildman–Crippen LogP) is 3.66. The number of hydrogen-bond donors (Lipinski definition) is 1. The molecule has 1 aromatic carbocycles. The first-order valence-corrected chi connectivity index (χ1v) is 8.30. The van der Waals surface area contributed by atoms with Gasteiger partial charge in [0, 0.05) is 11.6 Å². The summed E-state index contributed by atoms with van der Waals surface area (Å²) < 4.78 is 3.96. The molecule has 1 aliphatic carbocycles. The molecule has 110 valence electrons. The first kappa shape index (κ1) is 14.2. The average Bonchev–Trinajstić information content (AvgIpc) is 2.87. The van der Waals surface area contributed by atoms with E-state index in [-0.39, 0.29) is 5.91 Å². The van der Waals surface area contributed by atoms with Crippen molar-refractivity contribution in [3.63, 3.8) is 0 Å². The van der Waals surface area contributed by atoms with E-state index in [4.69, 9.17) is 0 Å². The minimum absolute atomic E-state index is 0.0317. The van der Waals surface area contributed by atoms with Crippen molar-refractivity contribution < 1.29 is 4.79 Å². The van der Waals surface area contributed by atoms with Crippen LogP contribution in [0, 0.1) is 0 Å². The summed E-state index contributed by atoms with van der Waals surface area (Å²) in [6.07, 6.45) is 7.14. The predicted molar refractivity (Wildman–Crippen MR) is 84.3 cm³/mol. The molecule has 5 heteroatoms. The lowest BCUT2D eigenvalue weighted by atomic mass is 10.1. The molecule has 1 amide bonds. The van der Waals surface area contributed by atoms with Gasteiger partial charge in [-0.25, -0.2) is 0 Å². The normalized spacial score (nSPS) is 16.4. The summed E-state index contributed by atoms with van der Waals surface area (Å²) in [6, 6.07) is 10.1. The Labute approximate surface area is 128 Å². The van der Waals surface area contributed by atoms with Crippen LogP contribution in [-0.2, 0) is 0 Å². The van der Waals surface area contributed by atoms with Crippen LogP contribution in [0.4, 0.5) is 0 Å². The largest absolute Gasteiger partial charge is 0.348 e. The van der Waals surface area contributed by atoms with Gasteiger partial charge in [-0.1, -0.05) is 60.5 Å². The molecule has 0 saturated heterocycles. The van der Waals surface area contributed by atoms with Crippen molar-refractivity contribution in [1.82, 2.24) is 14.9 Å². The Morgan fingerprint density at radius 1 is 1.10 bits per heavy atom. The fourth-order valence-corrected chi connectivity index (χ4v) is 3.39. The van der Waals surface area contributed by atoms with Crippen LogP contribution in [0.1, 0.15) is 48.2 Å². The molecule has 0 atom stereocenters. The van der Waals surface area contributed by atoms with Gasteiger partial charge < -0.3 is 5.32 Å². The summed E-state index contributed by atoms with van der Waals surface area (Å²) in [4.78, 5) is 13.1. The molecule has 2 aromatic rings. The van der Waals surface area contributed by atoms with E-state index in [0.29, 0.717) is 16.6 Å². The fraction of sp³-hybridized carbons (Fsp3) is 0.438. The number of amides is 1. The van der Waals surface area contributed by atoms with E-state index in [1.54, 1.807) is 0 Å². The quantitative estimate of drug-likeness (QED) is 0.880. The van der Waals surface area contributed by atoms with Crippen molar-refractivity contribution in [2.75, 3.05) is 0 Å². The second-order valence-electron chi connectivity index (χ2n) is 5.48. The number of benzene rings is 1. The summed E-state index contributed by atoms with van der Waals surface area (Å²) in [5, 5.41) is 7.29. The summed E-state index contributed by atoms with van der Waals surface area (Å²) in [6.45, 7) is 0. The fourth-order valence-electron chi connectivity index (χ4n) is 2.80. The molecule has 4 nitrogen and oxygen atoms in total. The third-order valence-electron chi connectivity index (χ3n) is 3.93. The Kier molecular flexibility index (Phi) is 4.60. The second-order valence-corrected chi connectivity index (χ2v) is 6.23. The van der Waals surface area contributed by atoms with Crippen molar-refractivity contribution in [1.29, 1.82) is 0 Å². The van der Waals surface area contributed by atoms with Gasteiger partial charge in [0.2, 0.25) is 0 Å². The van der Waals surface area contributed by atoms with Crippen molar-refractivity contribution >= 4 is 17.4 Å². The van der Waals surface area contributed by atoms with Crippen LogP contribution in [0.15, 0.2) is 30.3 Å². The van der Waals surface area contributed by atoms with Gasteiger partial charge in [0.1, 0.15) is 10.6 Å². The van der Waals surface area contributed by atoms with E-state index in [9.17, 15) is 4.79 Å². The lowest BCUT2D eigenvalue weighted by Crippen LogP contribution is -2.34. The first-order valence-electron chi connectivity index (χ1n) is 7.53. The highest BCUT2D eigenvalue weighted by atomic mass is 32.1. The average molecular weight is 301 g/mol. The van der Waals surface area contributed by atoms with E-state index in [2.05, 4.69) is 14.9 Å². The molecule has 0 spiro atoms. The lowest BCUT2D eigenvalue weighted by molar-refractivity contribution is 0.0938. The molecule has 1 saturated carbocycles. The number of nitrogens with one attached hydrogen (secondary N) is 1. The molecule has 0 bridgehead atoms. The zero-order chi connectivity index (χ0) is 14.5. The number of carbonyl (C=O) groups is 1. The van der Waals surface area contributed by atoms with Crippen LogP contribution in [0.5, 0.6) is 0 Å². The minimum atomic E-state index is -0.0317. The Morgan fingerprint density at radius 2 is 1.81 bits per heavy atom. The second kappa shape index (κ2) is 6.80. The third kappa shape index (κ3) is 3.47. The number of carbonyl (C=O) groups excluding carboxylic acids is 1. The Bertz CT molecular complexity index is 589. The maximum Gasteiger partial charge on any atom is 0.265 e. The van der Waals surface area contributed by atoms with Crippen molar-refractivity contribution in [3.8, 4) is 11.3 Å². The minimum Gasteiger partial charge on any atom is -0.348 e. The topological polar surface area (TPSA) is 54.9 Å². The molecule has 1 aromatic heterocycles. The van der Waals surface area contributed by atoms with Crippen LogP contribution in [0.25, 0.3) is 11.3 Å². The number of aromatic nitrogens is 2. The molecular formula is C16H19N3OS. The van der Waals surface area contributed by atoms with Crippen LogP contribution in [-0.4, -0.2) is 21.5 Å². The summed E-state index contributed by atoms with van der Waals surface area (Å²) >= 11 is 1.17. The maximum absolute atomic E-state index is 12.5. The number of nitrogens with zero attached hydrogens (tertiary/aromatic N) is 2. The zero-order valence-corrected chi connectivity index (χ0v) is 12.7. The molecule has 1 aliphatic rings. The Balaban J connectivity index is 1.75. The van der Waals surface area contributed by atoms with Gasteiger partial charge >= 0.3 is 0 Å². The van der Waals surface area contributed by atoms with E-state index in [1.165, 1.54) is 37.2 Å². The van der Waals surface area contributed by atoms with E-state index < -0.39 is 0 Å². The van der Waals surface area contributed by atoms with Gasteiger partial charge in [-0.2, -0.15) is 0 Å². The van der Waals surface area contributed by atoms with Crippen LogP contribution >= 0.6 is 11.5 Å². The van der Waals surface area contributed by atoms with Gasteiger partial charge in [0.15, 0.2) is 0 Å². The SMILES string of the molecule is O=C(NC1CCCCCC1)c1snnc1-c1ccccc1. The molecule has 1 fully saturated rings. The molecule has 0 radical (unpaired) electrons. The highest BCUT2D eigenvalue weighted by Crippen LogP contribution is 2.24. The molecule has 1 N–H and O–H groups in total. The number of rotatable bonds is 3. The van der Waals surface area contributed by atoms with Gasteiger partial charge in [0.25, 0.3) is 5.91 Å². The highest BCUT2D eigenvalue weighted by Gasteiger charge is 2.21. The van der Waals surface area contributed by atoms with Gasteiger partial charge in [0.05, 0.1) is 0 Å². The monoisotopic (exact) mass is 301 g/mol. The van der Waals surface area contributed by atoms with Gasteiger partial charge in [-0.15, -0.1) is 5.10 Å². The molecule has 0 unspecified atom stereocenters. The van der Waals surface area contributed by atoms with Crippen LogP contribution < -0.4 is 5.32 Å². The maximum atomic E-state index is 12.5. The Morgan fingerprint density at radius 3 is 2.52 bits per heavy atom. The summed E-state index contributed by atoms with van der Waals surface area (Å²) in [7, 11) is 0. The highest BCUT2D eigenvalue weighted by molar-refractivity contribution is 7.08. The molecular weight excluding hydrogens is 282 g/mol. The Hall–Kier alpha value is -1.75. The molecule has 3 rings (SSSR count). The van der Waals surface area contributed by atoms with Crippen molar-refractivity contribution in [2.24, 2.45) is 0 Å². The van der Waals surface area contributed by atoms with Crippen molar-refractivity contribution in [2.45, 2.75) is 44.6 Å². The lowest BCUT2D eigenvalue weighted by Gasteiger charge is -2.15. The van der Waals surface area contributed by atoms with E-state index in [0.717, 1.165) is 18.4 Å². The molecule has 21 heavy (non-hydrogen) atoms. The third-order valence-corrected chi connectivity index (χ3v) is 4.66. The summed E-state index contributed by atoms with van der Waals surface area (Å²) in [5.74, 6) is -0.0317. The summed E-state index contributed by atoms with van der Waals surface area (Å²) in [5.41, 5.74) is 1.63. The van der Waals surface area contributed by atoms with Crippen LogP contribution in [0.2, 0.25) is 0 Å².